The number of halogens is 1. The molecule has 0 saturated heterocycles. The first-order chi connectivity index (χ1) is 5.25. The number of benzene rings is 1. The number of thiol groups is 1. The van der Waals surface area contributed by atoms with Crippen molar-refractivity contribution >= 4 is 28.6 Å². The van der Waals surface area contributed by atoms with E-state index in [2.05, 4.69) is 28.6 Å². The van der Waals surface area contributed by atoms with Crippen LogP contribution in [-0.2, 0) is 6.42 Å². The molecule has 0 aliphatic rings. The van der Waals surface area contributed by atoms with Crippen LogP contribution < -0.4 is 0 Å². The maximum absolute atomic E-state index is 9.36. The van der Waals surface area contributed by atoms with Crippen LogP contribution in [0.15, 0.2) is 22.7 Å². The summed E-state index contributed by atoms with van der Waals surface area (Å²) in [5.41, 5.74) is 0.933. The molecule has 11 heavy (non-hydrogen) atoms. The zero-order valence-corrected chi connectivity index (χ0v) is 8.40. The van der Waals surface area contributed by atoms with Crippen LogP contribution in [0, 0.1) is 0 Å². The van der Waals surface area contributed by atoms with Crippen LogP contribution >= 0.6 is 28.6 Å². The highest BCUT2D eigenvalue weighted by Crippen LogP contribution is 2.25. The van der Waals surface area contributed by atoms with Gasteiger partial charge in [0.15, 0.2) is 0 Å². The summed E-state index contributed by atoms with van der Waals surface area (Å²) >= 11 is 7.45. The SMILES string of the molecule is Oc1cccc(Br)c1CCS. The van der Waals surface area contributed by atoms with Crippen LogP contribution in [0.25, 0.3) is 0 Å². The van der Waals surface area contributed by atoms with E-state index in [4.69, 9.17) is 0 Å². The van der Waals surface area contributed by atoms with Crippen LogP contribution in [0.1, 0.15) is 5.56 Å². The van der Waals surface area contributed by atoms with E-state index >= 15 is 0 Å². The first-order valence-electron chi connectivity index (χ1n) is 3.33. The Bertz CT molecular complexity index is 230. The summed E-state index contributed by atoms with van der Waals surface area (Å²) in [6.45, 7) is 0. The summed E-state index contributed by atoms with van der Waals surface area (Å²) in [5.74, 6) is 1.09. The van der Waals surface area contributed by atoms with Crippen LogP contribution in [0.4, 0.5) is 0 Å². The summed E-state index contributed by atoms with van der Waals surface area (Å²) in [4.78, 5) is 0. The van der Waals surface area contributed by atoms with E-state index in [0.29, 0.717) is 5.75 Å². The molecule has 0 heterocycles. The predicted molar refractivity (Wildman–Crippen MR) is 53.4 cm³/mol. The normalized spacial score (nSPS) is 10.0. The van der Waals surface area contributed by atoms with Crippen LogP contribution in [0.2, 0.25) is 0 Å². The summed E-state index contributed by atoms with van der Waals surface area (Å²) < 4.78 is 0.951. The van der Waals surface area contributed by atoms with Crippen molar-refractivity contribution in [1.82, 2.24) is 0 Å². The average Bonchev–Trinajstić information content (AvgIpc) is 1.97. The van der Waals surface area contributed by atoms with Gasteiger partial charge < -0.3 is 5.11 Å². The highest BCUT2D eigenvalue weighted by Gasteiger charge is 2.02. The van der Waals surface area contributed by atoms with Gasteiger partial charge in [-0.15, -0.1) is 0 Å². The third-order valence-electron chi connectivity index (χ3n) is 1.46. The lowest BCUT2D eigenvalue weighted by molar-refractivity contribution is 0.468. The monoisotopic (exact) mass is 232 g/mol. The molecular formula is C8H9BrOS. The van der Waals surface area contributed by atoms with Gasteiger partial charge in [-0.05, 0) is 24.3 Å². The van der Waals surface area contributed by atoms with Crippen LogP contribution in [0.3, 0.4) is 0 Å². The standard InChI is InChI=1S/C8H9BrOS/c9-7-2-1-3-8(10)6(7)4-5-11/h1-3,10-11H,4-5H2. The minimum atomic E-state index is 0.341. The van der Waals surface area contributed by atoms with E-state index in [1.54, 1.807) is 12.1 Å². The number of aromatic hydroxyl groups is 1. The lowest BCUT2D eigenvalue weighted by Crippen LogP contribution is -1.88. The molecule has 3 heteroatoms. The predicted octanol–water partition coefficient (Wildman–Crippen LogP) is 2.63. The fourth-order valence-electron chi connectivity index (χ4n) is 0.907. The molecule has 0 atom stereocenters. The van der Waals surface area contributed by atoms with Gasteiger partial charge in [0.1, 0.15) is 5.75 Å². The van der Waals surface area contributed by atoms with Gasteiger partial charge in [0, 0.05) is 10.0 Å². The van der Waals surface area contributed by atoms with Crippen molar-refractivity contribution in [3.05, 3.63) is 28.2 Å². The Morgan fingerprint density at radius 3 is 2.73 bits per heavy atom. The van der Waals surface area contributed by atoms with Crippen molar-refractivity contribution in [3.8, 4) is 5.75 Å². The Balaban J connectivity index is 3.00. The van der Waals surface area contributed by atoms with Crippen LogP contribution in [0.5, 0.6) is 5.75 Å². The minimum absolute atomic E-state index is 0.341. The molecule has 0 aromatic heterocycles. The third-order valence-corrected chi connectivity index (χ3v) is 2.42. The molecule has 0 bridgehead atoms. The molecule has 0 fully saturated rings. The molecule has 1 aromatic rings. The van der Waals surface area contributed by atoms with Crippen molar-refractivity contribution in [2.45, 2.75) is 6.42 Å². The molecule has 0 spiro atoms. The zero-order chi connectivity index (χ0) is 8.27. The Kier molecular flexibility index (Phi) is 3.27. The Hall–Kier alpha value is -0.150. The molecule has 0 unspecified atom stereocenters. The second kappa shape index (κ2) is 4.02. The first-order valence-corrected chi connectivity index (χ1v) is 4.75. The van der Waals surface area contributed by atoms with Crippen molar-refractivity contribution in [2.75, 3.05) is 5.75 Å². The summed E-state index contributed by atoms with van der Waals surface area (Å²) in [7, 11) is 0. The number of hydrogen-bond donors (Lipinski definition) is 2. The molecular weight excluding hydrogens is 224 g/mol. The molecule has 1 N–H and O–H groups in total. The van der Waals surface area contributed by atoms with Crippen molar-refractivity contribution in [1.29, 1.82) is 0 Å². The Labute approximate surface area is 80.0 Å². The molecule has 0 aliphatic carbocycles. The molecule has 1 aromatic carbocycles. The number of hydrogen-bond acceptors (Lipinski definition) is 2. The minimum Gasteiger partial charge on any atom is -0.508 e. The van der Waals surface area contributed by atoms with Crippen molar-refractivity contribution < 1.29 is 5.11 Å². The smallest absolute Gasteiger partial charge is 0.119 e. The van der Waals surface area contributed by atoms with Gasteiger partial charge in [0.05, 0.1) is 0 Å². The van der Waals surface area contributed by atoms with Crippen LogP contribution in [-0.4, -0.2) is 10.9 Å². The zero-order valence-electron chi connectivity index (χ0n) is 5.92. The van der Waals surface area contributed by atoms with Gasteiger partial charge in [0.2, 0.25) is 0 Å². The molecule has 60 valence electrons. The average molecular weight is 233 g/mol. The van der Waals surface area contributed by atoms with Gasteiger partial charge >= 0.3 is 0 Å². The van der Waals surface area contributed by atoms with Gasteiger partial charge in [-0.25, -0.2) is 0 Å². The van der Waals surface area contributed by atoms with Gasteiger partial charge in [-0.1, -0.05) is 22.0 Å². The second-order valence-electron chi connectivity index (χ2n) is 2.21. The number of rotatable bonds is 2. The summed E-state index contributed by atoms with van der Waals surface area (Å²) in [6, 6.07) is 5.41. The van der Waals surface area contributed by atoms with E-state index in [0.717, 1.165) is 22.2 Å². The quantitative estimate of drug-likeness (QED) is 0.752. The Morgan fingerprint density at radius 2 is 2.18 bits per heavy atom. The highest BCUT2D eigenvalue weighted by atomic mass is 79.9. The molecule has 1 nitrogen and oxygen atoms in total. The maximum atomic E-state index is 9.36. The second-order valence-corrected chi connectivity index (χ2v) is 3.51. The fourth-order valence-corrected chi connectivity index (χ4v) is 1.68. The molecule has 1 rings (SSSR count). The third kappa shape index (κ3) is 2.14. The van der Waals surface area contributed by atoms with Gasteiger partial charge in [0.25, 0.3) is 0 Å². The molecule has 0 aliphatic heterocycles. The van der Waals surface area contributed by atoms with E-state index in [1.807, 2.05) is 6.07 Å². The molecule has 0 radical (unpaired) electrons. The van der Waals surface area contributed by atoms with Crippen molar-refractivity contribution in [3.63, 3.8) is 0 Å². The fraction of sp³-hybridized carbons (Fsp3) is 0.250. The van der Waals surface area contributed by atoms with E-state index in [9.17, 15) is 5.11 Å². The van der Waals surface area contributed by atoms with E-state index in [1.165, 1.54) is 0 Å². The summed E-state index contributed by atoms with van der Waals surface area (Å²) in [6.07, 6.45) is 0.788. The summed E-state index contributed by atoms with van der Waals surface area (Å²) in [5, 5.41) is 9.36. The topological polar surface area (TPSA) is 20.2 Å². The van der Waals surface area contributed by atoms with Gasteiger partial charge in [-0.3, -0.25) is 0 Å². The Morgan fingerprint density at radius 1 is 1.45 bits per heavy atom. The lowest BCUT2D eigenvalue weighted by Gasteiger charge is -2.03. The van der Waals surface area contributed by atoms with Crippen molar-refractivity contribution in [2.24, 2.45) is 0 Å². The van der Waals surface area contributed by atoms with E-state index in [-0.39, 0.29) is 0 Å². The van der Waals surface area contributed by atoms with E-state index < -0.39 is 0 Å². The number of phenolic OH excluding ortho intramolecular Hbond substituents is 1. The highest BCUT2D eigenvalue weighted by molar-refractivity contribution is 9.10. The molecule has 0 saturated carbocycles. The first kappa shape index (κ1) is 8.94. The largest absolute Gasteiger partial charge is 0.508 e. The maximum Gasteiger partial charge on any atom is 0.119 e. The number of phenols is 1. The lowest BCUT2D eigenvalue weighted by atomic mass is 10.1. The van der Waals surface area contributed by atoms with Gasteiger partial charge in [-0.2, -0.15) is 12.6 Å². The molecule has 0 amide bonds.